The van der Waals surface area contributed by atoms with Gasteiger partial charge in [0.2, 0.25) is 10.0 Å². The fraction of sp³-hybridized carbons (Fsp3) is 0.500. The molecular weight excluding hydrogens is 351 g/mol. The van der Waals surface area contributed by atoms with Crippen molar-refractivity contribution in [2.75, 3.05) is 12.3 Å². The molecule has 5 nitrogen and oxygen atoms in total. The van der Waals surface area contributed by atoms with Crippen molar-refractivity contribution in [1.82, 2.24) is 4.72 Å². The van der Waals surface area contributed by atoms with Crippen molar-refractivity contribution in [2.45, 2.75) is 31.2 Å². The lowest BCUT2D eigenvalue weighted by Crippen LogP contribution is -2.39. The normalized spacial score (nSPS) is 13.7. The summed E-state index contributed by atoms with van der Waals surface area (Å²) in [6.45, 7) is 3.55. The van der Waals surface area contributed by atoms with Crippen LogP contribution in [0.25, 0.3) is 0 Å². The SMILES string of the molecule is CC(C)C(CCO)NS(=O)(=O)c1cc(Br)c(F)cc1N. The maximum atomic E-state index is 13.3. The standard InChI is InChI=1S/C12H18BrFN2O3S/c1-7(2)11(3-4-17)16-20(18,19)12-5-8(13)9(14)6-10(12)15/h5-7,11,16-17H,3-4,15H2,1-2H3. The van der Waals surface area contributed by atoms with E-state index in [2.05, 4.69) is 20.7 Å². The van der Waals surface area contributed by atoms with Gasteiger partial charge in [0.25, 0.3) is 0 Å². The number of anilines is 1. The van der Waals surface area contributed by atoms with Crippen LogP contribution in [0.3, 0.4) is 0 Å². The van der Waals surface area contributed by atoms with Crippen LogP contribution in [-0.4, -0.2) is 26.2 Å². The minimum atomic E-state index is -3.88. The first kappa shape index (κ1) is 17.4. The molecule has 0 amide bonds. The van der Waals surface area contributed by atoms with Gasteiger partial charge >= 0.3 is 0 Å². The average Bonchev–Trinajstić information content (AvgIpc) is 2.32. The zero-order valence-corrected chi connectivity index (χ0v) is 13.6. The number of hydrogen-bond donors (Lipinski definition) is 3. The fourth-order valence-corrected chi connectivity index (χ4v) is 3.76. The predicted molar refractivity (Wildman–Crippen MR) is 79.2 cm³/mol. The average molecular weight is 369 g/mol. The maximum Gasteiger partial charge on any atom is 0.242 e. The van der Waals surface area contributed by atoms with Gasteiger partial charge in [-0.15, -0.1) is 0 Å². The topological polar surface area (TPSA) is 92.4 Å². The van der Waals surface area contributed by atoms with Crippen LogP contribution in [0.4, 0.5) is 10.1 Å². The molecule has 0 heterocycles. The number of aliphatic hydroxyl groups excluding tert-OH is 1. The molecule has 4 N–H and O–H groups in total. The molecule has 0 bridgehead atoms. The molecule has 114 valence electrons. The molecule has 0 saturated carbocycles. The quantitative estimate of drug-likeness (QED) is 0.668. The summed E-state index contributed by atoms with van der Waals surface area (Å²) in [7, 11) is -3.88. The van der Waals surface area contributed by atoms with Crippen LogP contribution in [0.2, 0.25) is 0 Å². The summed E-state index contributed by atoms with van der Waals surface area (Å²) in [4.78, 5) is -0.186. The van der Waals surface area contributed by atoms with Crippen LogP contribution in [0.5, 0.6) is 0 Å². The van der Waals surface area contributed by atoms with Crippen LogP contribution in [0.1, 0.15) is 20.3 Å². The van der Waals surface area contributed by atoms with Gasteiger partial charge in [-0.05, 0) is 40.4 Å². The monoisotopic (exact) mass is 368 g/mol. The first-order valence-electron chi connectivity index (χ1n) is 6.06. The van der Waals surface area contributed by atoms with Crippen molar-refractivity contribution < 1.29 is 17.9 Å². The Morgan fingerprint density at radius 1 is 1.45 bits per heavy atom. The molecular formula is C12H18BrFN2O3S. The number of nitrogens with one attached hydrogen (secondary N) is 1. The van der Waals surface area contributed by atoms with Gasteiger partial charge < -0.3 is 10.8 Å². The number of aliphatic hydroxyl groups is 1. The van der Waals surface area contributed by atoms with Crippen molar-refractivity contribution in [3.05, 3.63) is 22.4 Å². The Hall–Kier alpha value is -0.700. The van der Waals surface area contributed by atoms with E-state index in [9.17, 15) is 12.8 Å². The summed E-state index contributed by atoms with van der Waals surface area (Å²) in [5.41, 5.74) is 5.41. The molecule has 0 aliphatic rings. The first-order valence-corrected chi connectivity index (χ1v) is 8.34. The molecule has 0 aliphatic heterocycles. The lowest BCUT2D eigenvalue weighted by molar-refractivity contribution is 0.256. The van der Waals surface area contributed by atoms with Crippen molar-refractivity contribution in [2.24, 2.45) is 5.92 Å². The van der Waals surface area contributed by atoms with E-state index < -0.39 is 21.9 Å². The largest absolute Gasteiger partial charge is 0.398 e. The van der Waals surface area contributed by atoms with Crippen LogP contribution in [-0.2, 0) is 10.0 Å². The fourth-order valence-electron chi connectivity index (χ4n) is 1.71. The van der Waals surface area contributed by atoms with E-state index in [-0.39, 0.29) is 27.6 Å². The predicted octanol–water partition coefficient (Wildman–Crippen LogP) is 1.86. The van der Waals surface area contributed by atoms with Gasteiger partial charge in [0.1, 0.15) is 10.7 Å². The Morgan fingerprint density at radius 2 is 2.05 bits per heavy atom. The molecule has 20 heavy (non-hydrogen) atoms. The molecule has 1 aromatic carbocycles. The van der Waals surface area contributed by atoms with E-state index in [0.717, 1.165) is 12.1 Å². The summed E-state index contributed by atoms with van der Waals surface area (Å²) < 4.78 is 40.4. The third kappa shape index (κ3) is 4.15. The molecule has 0 aromatic heterocycles. The molecule has 1 aromatic rings. The van der Waals surface area contributed by atoms with Crippen LogP contribution in [0, 0.1) is 11.7 Å². The molecule has 1 rings (SSSR count). The number of benzene rings is 1. The first-order chi connectivity index (χ1) is 9.19. The van der Waals surface area contributed by atoms with E-state index >= 15 is 0 Å². The third-order valence-electron chi connectivity index (χ3n) is 2.89. The zero-order valence-electron chi connectivity index (χ0n) is 11.2. The summed E-state index contributed by atoms with van der Waals surface area (Å²) in [6.07, 6.45) is 0.291. The minimum absolute atomic E-state index is 0.00189. The van der Waals surface area contributed by atoms with E-state index in [4.69, 9.17) is 10.8 Å². The van der Waals surface area contributed by atoms with Gasteiger partial charge in [-0.2, -0.15) is 0 Å². The van der Waals surface area contributed by atoms with Gasteiger partial charge in [0, 0.05) is 12.6 Å². The Kier molecular flexibility index (Phi) is 5.93. The molecule has 8 heteroatoms. The number of halogens is 2. The molecule has 1 unspecified atom stereocenters. The third-order valence-corrected chi connectivity index (χ3v) is 5.05. The molecule has 1 atom stereocenters. The smallest absolute Gasteiger partial charge is 0.242 e. The highest BCUT2D eigenvalue weighted by atomic mass is 79.9. The van der Waals surface area contributed by atoms with Gasteiger partial charge in [-0.25, -0.2) is 17.5 Å². The van der Waals surface area contributed by atoms with E-state index in [0.29, 0.717) is 6.42 Å². The summed E-state index contributed by atoms with van der Waals surface area (Å²) in [6, 6.07) is 1.66. The van der Waals surface area contributed by atoms with Gasteiger partial charge in [0.05, 0.1) is 10.2 Å². The van der Waals surface area contributed by atoms with Crippen molar-refractivity contribution in [1.29, 1.82) is 0 Å². The highest BCUT2D eigenvalue weighted by molar-refractivity contribution is 9.10. The van der Waals surface area contributed by atoms with Crippen LogP contribution in [0.15, 0.2) is 21.5 Å². The number of nitrogens with two attached hydrogens (primary N) is 1. The van der Waals surface area contributed by atoms with Crippen LogP contribution < -0.4 is 10.5 Å². The highest BCUT2D eigenvalue weighted by Gasteiger charge is 2.25. The summed E-state index contributed by atoms with van der Waals surface area (Å²) >= 11 is 2.94. The Bertz CT molecular complexity index is 578. The van der Waals surface area contributed by atoms with Crippen molar-refractivity contribution in [3.63, 3.8) is 0 Å². The van der Waals surface area contributed by atoms with Crippen LogP contribution >= 0.6 is 15.9 Å². The zero-order chi connectivity index (χ0) is 15.5. The van der Waals surface area contributed by atoms with Crippen molar-refractivity contribution in [3.8, 4) is 0 Å². The lowest BCUT2D eigenvalue weighted by Gasteiger charge is -2.22. The molecule has 0 fully saturated rings. The minimum Gasteiger partial charge on any atom is -0.398 e. The Balaban J connectivity index is 3.13. The lowest BCUT2D eigenvalue weighted by atomic mass is 10.0. The Labute approximate surface area is 126 Å². The van der Waals surface area contributed by atoms with E-state index in [1.165, 1.54) is 0 Å². The van der Waals surface area contributed by atoms with Gasteiger partial charge in [-0.1, -0.05) is 13.8 Å². The Morgan fingerprint density at radius 3 is 2.55 bits per heavy atom. The van der Waals surface area contributed by atoms with Gasteiger partial charge in [0.15, 0.2) is 0 Å². The van der Waals surface area contributed by atoms with E-state index in [1.54, 1.807) is 0 Å². The molecule has 0 spiro atoms. The number of hydrogen-bond acceptors (Lipinski definition) is 4. The second-order valence-electron chi connectivity index (χ2n) is 4.79. The molecule has 0 aliphatic carbocycles. The second-order valence-corrected chi connectivity index (χ2v) is 7.32. The molecule has 0 radical (unpaired) electrons. The maximum absolute atomic E-state index is 13.3. The van der Waals surface area contributed by atoms with Crippen molar-refractivity contribution >= 4 is 31.6 Å². The summed E-state index contributed by atoms with van der Waals surface area (Å²) in [5.74, 6) is -0.626. The molecule has 0 saturated heterocycles. The number of nitrogen functional groups attached to an aromatic ring is 1. The number of sulfonamides is 1. The van der Waals surface area contributed by atoms with Gasteiger partial charge in [-0.3, -0.25) is 0 Å². The highest BCUT2D eigenvalue weighted by Crippen LogP contribution is 2.26. The second kappa shape index (κ2) is 6.84. The van der Waals surface area contributed by atoms with E-state index in [1.807, 2.05) is 13.8 Å². The number of rotatable bonds is 6. The summed E-state index contributed by atoms with van der Waals surface area (Å²) in [5, 5.41) is 8.97.